The van der Waals surface area contributed by atoms with Crippen molar-refractivity contribution in [1.82, 2.24) is 5.32 Å². The lowest BCUT2D eigenvalue weighted by Crippen LogP contribution is -2.43. The second-order valence-electron chi connectivity index (χ2n) is 4.54. The van der Waals surface area contributed by atoms with Gasteiger partial charge in [-0.2, -0.15) is 0 Å². The molecule has 7 nitrogen and oxygen atoms in total. The maximum Gasteiger partial charge on any atom is 0.408 e. The molecule has 2 amide bonds. The molecule has 0 bridgehead atoms. The van der Waals surface area contributed by atoms with Crippen molar-refractivity contribution in [3.63, 3.8) is 0 Å². The van der Waals surface area contributed by atoms with Gasteiger partial charge in [-0.1, -0.05) is 0 Å². The number of hydrogen-bond acceptors (Lipinski definition) is 4. The van der Waals surface area contributed by atoms with Gasteiger partial charge in [-0.3, -0.25) is 4.79 Å². The first-order valence-corrected chi connectivity index (χ1v) is 5.12. The summed E-state index contributed by atoms with van der Waals surface area (Å²) in [5.74, 6) is -1.86. The van der Waals surface area contributed by atoms with Crippen molar-refractivity contribution in [3.8, 4) is 0 Å². The van der Waals surface area contributed by atoms with Crippen LogP contribution in [0, 0.1) is 0 Å². The summed E-state index contributed by atoms with van der Waals surface area (Å²) in [6.07, 6.45) is -1.02. The lowest BCUT2D eigenvalue weighted by molar-refractivity contribution is -0.139. The van der Waals surface area contributed by atoms with Gasteiger partial charge >= 0.3 is 12.1 Å². The number of primary amides is 1. The lowest BCUT2D eigenvalue weighted by Gasteiger charge is -2.21. The number of carbonyl (C=O) groups is 3. The van der Waals surface area contributed by atoms with E-state index in [1.165, 1.54) is 0 Å². The fraction of sp³-hybridized carbons (Fsp3) is 0.700. The first kappa shape index (κ1) is 15.2. The SMILES string of the molecule is CC(C)(C)OC(=O)NC(CCC(N)=O)[13C](=O)O. The standard InChI is InChI=1S/C10H18N2O5/c1-10(2,3)17-9(16)12-6(8(14)15)4-5-7(11)13/h6H,4-5H2,1-3H3,(H2,11,13)(H,12,16)(H,14,15)/i8+1. The van der Waals surface area contributed by atoms with Crippen LogP contribution in [0.15, 0.2) is 0 Å². The van der Waals surface area contributed by atoms with Gasteiger partial charge in [-0.05, 0) is 27.2 Å². The Kier molecular flexibility index (Phi) is 5.43. The number of amides is 2. The summed E-state index contributed by atoms with van der Waals surface area (Å²) >= 11 is 0. The van der Waals surface area contributed by atoms with E-state index < -0.39 is 29.6 Å². The van der Waals surface area contributed by atoms with E-state index in [1.807, 2.05) is 0 Å². The first-order valence-electron chi connectivity index (χ1n) is 5.12. The summed E-state index contributed by atoms with van der Waals surface area (Å²) in [6.45, 7) is 4.98. The van der Waals surface area contributed by atoms with Crippen molar-refractivity contribution >= 4 is 18.0 Å². The predicted octanol–water partition coefficient (Wildman–Crippen LogP) is 0.230. The Balaban J connectivity index is 4.30. The van der Waals surface area contributed by atoms with Gasteiger partial charge in [0.25, 0.3) is 0 Å². The molecule has 0 fully saturated rings. The minimum Gasteiger partial charge on any atom is -0.480 e. The molecule has 0 heterocycles. The molecular formula is C10H18N2O5. The van der Waals surface area contributed by atoms with E-state index in [0.29, 0.717) is 0 Å². The Morgan fingerprint density at radius 2 is 1.88 bits per heavy atom. The average Bonchev–Trinajstić information content (AvgIpc) is 2.08. The van der Waals surface area contributed by atoms with E-state index >= 15 is 0 Å². The van der Waals surface area contributed by atoms with Crippen LogP contribution in [-0.2, 0) is 14.3 Å². The molecule has 1 atom stereocenters. The minimum atomic E-state index is -1.24. The van der Waals surface area contributed by atoms with Crippen LogP contribution in [0.1, 0.15) is 33.6 Å². The molecule has 0 aliphatic rings. The Labute approximate surface area is 99.3 Å². The Morgan fingerprint density at radius 1 is 1.35 bits per heavy atom. The smallest absolute Gasteiger partial charge is 0.408 e. The lowest BCUT2D eigenvalue weighted by atomic mass is 10.2. The number of carbonyl (C=O) groups excluding carboxylic acids is 2. The van der Waals surface area contributed by atoms with E-state index in [-0.39, 0.29) is 12.8 Å². The maximum absolute atomic E-state index is 11.3. The first-order chi connectivity index (χ1) is 7.61. The topological polar surface area (TPSA) is 119 Å². The molecule has 7 heteroatoms. The van der Waals surface area contributed by atoms with Gasteiger partial charge < -0.3 is 20.9 Å². The molecule has 1 unspecified atom stereocenters. The molecule has 0 aromatic carbocycles. The highest BCUT2D eigenvalue weighted by atomic mass is 16.6. The number of aliphatic carboxylic acids is 1. The molecule has 0 saturated heterocycles. The minimum absolute atomic E-state index is 0.0656. The second kappa shape index (κ2) is 6.07. The molecule has 0 radical (unpaired) electrons. The Hall–Kier alpha value is -1.79. The van der Waals surface area contributed by atoms with E-state index in [2.05, 4.69) is 5.32 Å². The summed E-state index contributed by atoms with van der Waals surface area (Å²) in [4.78, 5) is 32.6. The van der Waals surface area contributed by atoms with Crippen LogP contribution >= 0.6 is 0 Å². The third kappa shape index (κ3) is 8.06. The molecule has 0 aromatic rings. The highest BCUT2D eigenvalue weighted by Gasteiger charge is 2.23. The van der Waals surface area contributed by atoms with Crippen LogP contribution in [0.2, 0.25) is 0 Å². The summed E-state index contributed by atoms with van der Waals surface area (Å²) in [7, 11) is 0. The van der Waals surface area contributed by atoms with E-state index in [9.17, 15) is 14.4 Å². The molecule has 0 spiro atoms. The number of alkyl carbamates (subject to hydrolysis) is 1. The third-order valence-electron chi connectivity index (χ3n) is 1.67. The summed E-state index contributed by atoms with van der Waals surface area (Å²) in [6, 6.07) is -1.18. The summed E-state index contributed by atoms with van der Waals surface area (Å²) < 4.78 is 4.90. The zero-order valence-electron chi connectivity index (χ0n) is 10.1. The van der Waals surface area contributed by atoms with Gasteiger partial charge in [0.15, 0.2) is 0 Å². The van der Waals surface area contributed by atoms with Crippen molar-refractivity contribution in [2.75, 3.05) is 0 Å². The fourth-order valence-corrected chi connectivity index (χ4v) is 0.994. The van der Waals surface area contributed by atoms with Gasteiger partial charge in [0.1, 0.15) is 11.6 Å². The van der Waals surface area contributed by atoms with Crippen molar-refractivity contribution < 1.29 is 24.2 Å². The molecule has 0 rings (SSSR count). The van der Waals surface area contributed by atoms with Gasteiger partial charge in [-0.25, -0.2) is 9.59 Å². The number of hydrogen-bond donors (Lipinski definition) is 3. The number of nitrogens with one attached hydrogen (secondary N) is 1. The molecular weight excluding hydrogens is 229 g/mol. The summed E-state index contributed by atoms with van der Waals surface area (Å²) in [5, 5.41) is 11.0. The van der Waals surface area contributed by atoms with E-state index in [4.69, 9.17) is 15.6 Å². The van der Waals surface area contributed by atoms with Gasteiger partial charge in [0.05, 0.1) is 0 Å². The van der Waals surface area contributed by atoms with Crippen LogP contribution in [0.3, 0.4) is 0 Å². The Morgan fingerprint density at radius 3 is 2.24 bits per heavy atom. The van der Waals surface area contributed by atoms with E-state index in [0.717, 1.165) is 0 Å². The maximum atomic E-state index is 11.3. The monoisotopic (exact) mass is 247 g/mol. The van der Waals surface area contributed by atoms with Crippen LogP contribution < -0.4 is 11.1 Å². The highest BCUT2D eigenvalue weighted by molar-refractivity contribution is 5.81. The van der Waals surface area contributed by atoms with Crippen LogP contribution in [-0.4, -0.2) is 34.7 Å². The number of nitrogens with two attached hydrogens (primary N) is 1. The normalized spacial score (nSPS) is 12.6. The number of ether oxygens (including phenoxy) is 1. The zero-order chi connectivity index (χ0) is 13.6. The van der Waals surface area contributed by atoms with Gasteiger partial charge in [0, 0.05) is 6.42 Å². The third-order valence-corrected chi connectivity index (χ3v) is 1.67. The molecule has 98 valence electrons. The van der Waals surface area contributed by atoms with E-state index in [1.54, 1.807) is 20.8 Å². The molecule has 17 heavy (non-hydrogen) atoms. The molecule has 0 aliphatic heterocycles. The number of rotatable bonds is 5. The van der Waals surface area contributed by atoms with Crippen molar-refractivity contribution in [2.45, 2.75) is 45.3 Å². The van der Waals surface area contributed by atoms with Crippen molar-refractivity contribution in [2.24, 2.45) is 5.73 Å². The number of carboxylic acids is 1. The molecule has 0 aliphatic carbocycles. The quantitative estimate of drug-likeness (QED) is 0.601. The molecule has 0 aromatic heterocycles. The number of carboxylic acid groups (broad SMARTS) is 1. The van der Waals surface area contributed by atoms with Gasteiger partial charge in [-0.15, -0.1) is 0 Å². The van der Waals surface area contributed by atoms with Crippen LogP contribution in [0.25, 0.3) is 0 Å². The van der Waals surface area contributed by atoms with Crippen molar-refractivity contribution in [3.05, 3.63) is 0 Å². The largest absolute Gasteiger partial charge is 0.480 e. The second-order valence-corrected chi connectivity index (χ2v) is 4.54. The molecule has 0 saturated carbocycles. The average molecular weight is 247 g/mol. The van der Waals surface area contributed by atoms with Gasteiger partial charge in [0.2, 0.25) is 5.91 Å². The fourth-order valence-electron chi connectivity index (χ4n) is 0.994. The highest BCUT2D eigenvalue weighted by Crippen LogP contribution is 2.07. The zero-order valence-corrected chi connectivity index (χ0v) is 10.1. The molecule has 4 N–H and O–H groups in total. The van der Waals surface area contributed by atoms with Crippen molar-refractivity contribution in [1.29, 1.82) is 0 Å². The predicted molar refractivity (Wildman–Crippen MR) is 59.2 cm³/mol. The van der Waals surface area contributed by atoms with Crippen LogP contribution in [0.4, 0.5) is 4.79 Å². The summed E-state index contributed by atoms with van der Waals surface area (Å²) in [5.41, 5.74) is 4.19. The Bertz CT molecular complexity index is 308. The van der Waals surface area contributed by atoms with Crippen LogP contribution in [0.5, 0.6) is 0 Å².